The Balaban J connectivity index is 2.12. The Bertz CT molecular complexity index is 800. The van der Waals surface area contributed by atoms with Crippen molar-refractivity contribution in [3.63, 3.8) is 0 Å². The molecule has 2 aromatic rings. The first-order valence-corrected chi connectivity index (χ1v) is 8.08. The van der Waals surface area contributed by atoms with E-state index in [-0.39, 0.29) is 24.3 Å². The Morgan fingerprint density at radius 3 is 2.00 bits per heavy atom. The van der Waals surface area contributed by atoms with Crippen LogP contribution in [-0.4, -0.2) is 49.6 Å². The second-order valence-electron chi connectivity index (χ2n) is 6.38. The lowest BCUT2D eigenvalue weighted by atomic mass is 9.95. The van der Waals surface area contributed by atoms with Crippen molar-refractivity contribution in [2.24, 2.45) is 0 Å². The smallest absolute Gasteiger partial charge is 0.164 e. The number of aryl methyl sites for hydroxylation is 1. The molecule has 0 amide bonds. The van der Waals surface area contributed by atoms with E-state index in [1.165, 1.54) is 12.1 Å². The van der Waals surface area contributed by atoms with Crippen LogP contribution >= 0.6 is 0 Å². The molecule has 0 spiro atoms. The summed E-state index contributed by atoms with van der Waals surface area (Å²) in [6, 6.07) is 9.45. The van der Waals surface area contributed by atoms with Crippen molar-refractivity contribution in [2.45, 2.75) is 37.6 Å². The Hall–Kier alpha value is -2.41. The van der Waals surface area contributed by atoms with Crippen LogP contribution in [0.5, 0.6) is 11.5 Å². The number of phenolic OH excluding ortho intramolecular Hbond substituents is 2. The van der Waals surface area contributed by atoms with Crippen LogP contribution < -0.4 is 0 Å². The lowest BCUT2D eigenvalue weighted by molar-refractivity contribution is -0.138. The van der Waals surface area contributed by atoms with Crippen molar-refractivity contribution in [3.8, 4) is 22.6 Å². The van der Waals surface area contributed by atoms with Gasteiger partial charge in [0.05, 0.1) is 6.10 Å². The van der Waals surface area contributed by atoms with Crippen molar-refractivity contribution in [1.82, 2.24) is 0 Å². The third-order valence-electron chi connectivity index (χ3n) is 4.56. The third-order valence-corrected chi connectivity index (χ3v) is 4.56. The van der Waals surface area contributed by atoms with E-state index in [1.807, 2.05) is 0 Å². The minimum atomic E-state index is -1.66. The van der Waals surface area contributed by atoms with E-state index in [1.54, 1.807) is 24.3 Å². The molecule has 1 aliphatic carbocycles. The van der Waals surface area contributed by atoms with Crippen LogP contribution in [0.4, 0.5) is 0 Å². The summed E-state index contributed by atoms with van der Waals surface area (Å²) in [4.78, 5) is 12.1. The summed E-state index contributed by atoms with van der Waals surface area (Å²) >= 11 is 0. The maximum absolute atomic E-state index is 12.1. The van der Waals surface area contributed by atoms with Gasteiger partial charge in [-0.1, -0.05) is 12.1 Å². The number of hydrogen-bond acceptors (Lipinski definition) is 6. The number of rotatable bonds is 0. The molecule has 5 N–H and O–H groups in total. The molecule has 4 bridgehead atoms. The summed E-state index contributed by atoms with van der Waals surface area (Å²) in [5, 5.41) is 50.5. The summed E-state index contributed by atoms with van der Waals surface area (Å²) in [5.41, 5.74) is 2.14. The quantitative estimate of drug-likeness (QED) is 0.485. The number of benzene rings is 2. The van der Waals surface area contributed by atoms with E-state index in [9.17, 15) is 30.3 Å². The van der Waals surface area contributed by atoms with Crippen LogP contribution in [0.25, 0.3) is 11.1 Å². The van der Waals surface area contributed by atoms with Crippen molar-refractivity contribution in [1.29, 1.82) is 0 Å². The van der Waals surface area contributed by atoms with E-state index in [0.717, 1.165) is 5.56 Å². The lowest BCUT2D eigenvalue weighted by Crippen LogP contribution is -2.43. The Kier molecular flexibility index (Phi) is 4.76. The van der Waals surface area contributed by atoms with Crippen molar-refractivity contribution in [2.75, 3.05) is 0 Å². The lowest BCUT2D eigenvalue weighted by Gasteiger charge is -2.22. The summed E-state index contributed by atoms with van der Waals surface area (Å²) in [7, 11) is 0. The van der Waals surface area contributed by atoms with Gasteiger partial charge in [0.1, 0.15) is 23.7 Å². The van der Waals surface area contributed by atoms with Gasteiger partial charge in [-0.05, 0) is 41.8 Å². The molecule has 0 aliphatic heterocycles. The summed E-state index contributed by atoms with van der Waals surface area (Å²) in [5.74, 6) is -0.606. The first-order valence-electron chi connectivity index (χ1n) is 8.08. The second-order valence-corrected chi connectivity index (χ2v) is 6.38. The highest BCUT2D eigenvalue weighted by Crippen LogP contribution is 2.37. The van der Waals surface area contributed by atoms with E-state index in [2.05, 4.69) is 0 Å². The van der Waals surface area contributed by atoms with Gasteiger partial charge in [-0.3, -0.25) is 4.79 Å². The molecule has 0 heterocycles. The fourth-order valence-corrected chi connectivity index (χ4v) is 3.06. The van der Waals surface area contributed by atoms with Crippen molar-refractivity contribution in [3.05, 3.63) is 47.5 Å². The van der Waals surface area contributed by atoms with E-state index >= 15 is 0 Å². The van der Waals surface area contributed by atoms with E-state index in [4.69, 9.17) is 0 Å². The highest BCUT2D eigenvalue weighted by Gasteiger charge is 2.30. The molecule has 0 saturated carbocycles. The second kappa shape index (κ2) is 6.84. The number of ketones is 1. The Morgan fingerprint density at radius 2 is 1.36 bits per heavy atom. The molecule has 3 atom stereocenters. The molecule has 0 unspecified atom stereocenters. The highest BCUT2D eigenvalue weighted by atomic mass is 16.4. The normalized spacial score (nSPS) is 24.1. The SMILES string of the molecule is O=C1CCc2ccc(O)c(c2)-c2cc(ccc2O)C[C@H](O)[C@@H](O)[C@@H]1O. The summed E-state index contributed by atoms with van der Waals surface area (Å²) in [6.45, 7) is 0. The van der Waals surface area contributed by atoms with Crippen molar-refractivity contribution >= 4 is 5.78 Å². The zero-order valence-corrected chi connectivity index (χ0v) is 13.5. The number of aromatic hydroxyl groups is 2. The number of Topliss-reactive ketones (excluding diaryl/α,β-unsaturated/α-hetero) is 1. The molecule has 132 valence electrons. The fraction of sp³-hybridized carbons (Fsp3) is 0.316. The van der Waals surface area contributed by atoms with Gasteiger partial charge in [-0.25, -0.2) is 0 Å². The van der Waals surface area contributed by atoms with Gasteiger partial charge < -0.3 is 25.5 Å². The molecule has 6 nitrogen and oxygen atoms in total. The summed E-state index contributed by atoms with van der Waals surface area (Å²) in [6.07, 6.45) is -4.33. The van der Waals surface area contributed by atoms with Crippen LogP contribution in [0.1, 0.15) is 17.5 Å². The minimum Gasteiger partial charge on any atom is -0.507 e. The highest BCUT2D eigenvalue weighted by molar-refractivity contribution is 5.84. The summed E-state index contributed by atoms with van der Waals surface area (Å²) < 4.78 is 0. The molecule has 0 fully saturated rings. The first-order chi connectivity index (χ1) is 11.9. The fourth-order valence-electron chi connectivity index (χ4n) is 3.06. The zero-order chi connectivity index (χ0) is 18.1. The topological polar surface area (TPSA) is 118 Å². The standard InChI is InChI=1S/C19H20O6/c20-14-4-1-10-2-6-16(22)18(24)19(25)17(23)9-11-3-5-15(21)13(8-11)12(14)7-10/h1,3-5,7-8,17-21,23-25H,2,6,9H2/t17-,18+,19+/m0/s1. The average Bonchev–Trinajstić information content (AvgIpc) is 2.60. The molecule has 1 aliphatic rings. The largest absolute Gasteiger partial charge is 0.507 e. The molecule has 0 aromatic heterocycles. The number of aliphatic hydroxyl groups excluding tert-OH is 3. The number of fused-ring (bicyclic) bond motifs is 5. The molecule has 3 rings (SSSR count). The minimum absolute atomic E-state index is 0.0146. The zero-order valence-electron chi connectivity index (χ0n) is 13.5. The number of phenols is 2. The maximum atomic E-state index is 12.1. The first kappa shape index (κ1) is 17.4. The predicted octanol–water partition coefficient (Wildman–Crippen LogP) is 0.905. The molecule has 2 aromatic carbocycles. The molecule has 0 saturated heterocycles. The van der Waals surface area contributed by atoms with Gasteiger partial charge in [0.25, 0.3) is 0 Å². The monoisotopic (exact) mass is 344 g/mol. The molecule has 0 radical (unpaired) electrons. The van der Waals surface area contributed by atoms with E-state index < -0.39 is 24.1 Å². The molecule has 6 heteroatoms. The van der Waals surface area contributed by atoms with Gasteiger partial charge in [0, 0.05) is 24.0 Å². The van der Waals surface area contributed by atoms with Crippen LogP contribution in [0, 0.1) is 0 Å². The molecule has 25 heavy (non-hydrogen) atoms. The number of hydrogen-bond donors (Lipinski definition) is 5. The van der Waals surface area contributed by atoms with Gasteiger partial charge in [-0.15, -0.1) is 0 Å². The van der Waals surface area contributed by atoms with Crippen LogP contribution in [0.3, 0.4) is 0 Å². The number of carbonyl (C=O) groups excluding carboxylic acids is 1. The van der Waals surface area contributed by atoms with Crippen LogP contribution in [0.15, 0.2) is 36.4 Å². The third kappa shape index (κ3) is 3.51. The maximum Gasteiger partial charge on any atom is 0.164 e. The number of carbonyl (C=O) groups is 1. The average molecular weight is 344 g/mol. The molecular weight excluding hydrogens is 324 g/mol. The van der Waals surface area contributed by atoms with Gasteiger partial charge >= 0.3 is 0 Å². The Morgan fingerprint density at radius 1 is 0.800 bits per heavy atom. The van der Waals surface area contributed by atoms with Gasteiger partial charge in [0.2, 0.25) is 0 Å². The predicted molar refractivity (Wildman–Crippen MR) is 90.3 cm³/mol. The van der Waals surface area contributed by atoms with Gasteiger partial charge in [0.15, 0.2) is 5.78 Å². The van der Waals surface area contributed by atoms with Gasteiger partial charge in [-0.2, -0.15) is 0 Å². The van der Waals surface area contributed by atoms with E-state index in [0.29, 0.717) is 23.1 Å². The number of aliphatic hydroxyl groups is 3. The Labute approximate surface area is 144 Å². The molecular formula is C19H20O6. The van der Waals surface area contributed by atoms with Crippen molar-refractivity contribution < 1.29 is 30.3 Å². The van der Waals surface area contributed by atoms with Crippen LogP contribution in [0.2, 0.25) is 0 Å². The van der Waals surface area contributed by atoms with Crippen LogP contribution in [-0.2, 0) is 17.6 Å².